The molecule has 0 N–H and O–H groups in total. The molecular formula is C24H23ClN2O3. The highest BCUT2D eigenvalue weighted by Gasteiger charge is 2.51. The van der Waals surface area contributed by atoms with Gasteiger partial charge in [0.2, 0.25) is 0 Å². The molecule has 2 heterocycles. The van der Waals surface area contributed by atoms with Crippen molar-refractivity contribution in [2.45, 2.75) is 44.6 Å². The number of allylic oxidation sites excluding steroid dienone is 2. The lowest BCUT2D eigenvalue weighted by Crippen LogP contribution is -2.49. The van der Waals surface area contributed by atoms with Gasteiger partial charge in [-0.05, 0) is 62.7 Å². The molecule has 0 bridgehead atoms. The summed E-state index contributed by atoms with van der Waals surface area (Å²) in [5, 5.41) is 9.38. The Morgan fingerprint density at radius 2 is 1.77 bits per heavy atom. The summed E-state index contributed by atoms with van der Waals surface area (Å²) in [5.74, 6) is 1.89. The highest BCUT2D eigenvalue weighted by molar-refractivity contribution is 6.30. The van der Waals surface area contributed by atoms with E-state index in [0.717, 1.165) is 46.9 Å². The van der Waals surface area contributed by atoms with Gasteiger partial charge in [-0.15, -0.1) is 0 Å². The van der Waals surface area contributed by atoms with Crippen LogP contribution in [-0.4, -0.2) is 18.0 Å². The molecule has 5 nitrogen and oxygen atoms in total. The zero-order valence-corrected chi connectivity index (χ0v) is 17.8. The topological polar surface area (TPSA) is 60.2 Å². The minimum atomic E-state index is -0.403. The highest BCUT2D eigenvalue weighted by atomic mass is 35.5. The van der Waals surface area contributed by atoms with Crippen LogP contribution in [0, 0.1) is 5.92 Å². The Morgan fingerprint density at radius 3 is 2.57 bits per heavy atom. The molecule has 2 atom stereocenters. The smallest absolute Gasteiger partial charge is 0.162 e. The van der Waals surface area contributed by atoms with E-state index in [1.807, 2.05) is 30.3 Å². The number of rotatable bonds is 2. The molecule has 0 spiro atoms. The monoisotopic (exact) mass is 422 g/mol. The Kier molecular flexibility index (Phi) is 4.66. The molecule has 5 rings (SSSR count). The maximum absolute atomic E-state index is 12.9. The molecule has 2 aromatic rings. The molecule has 6 heteroatoms. The number of hydrogen-bond donors (Lipinski definition) is 0. The average molecular weight is 423 g/mol. The molecule has 30 heavy (non-hydrogen) atoms. The largest absolute Gasteiger partial charge is 0.493 e. The van der Waals surface area contributed by atoms with Crippen LogP contribution in [0.5, 0.6) is 5.75 Å². The van der Waals surface area contributed by atoms with Crippen molar-refractivity contribution in [3.8, 4) is 5.75 Å². The summed E-state index contributed by atoms with van der Waals surface area (Å²) in [6.07, 6.45) is 2.25. The Labute approximate surface area is 180 Å². The first-order valence-corrected chi connectivity index (χ1v) is 10.7. The second-order valence-electron chi connectivity index (χ2n) is 8.61. The van der Waals surface area contributed by atoms with Crippen LogP contribution in [0.4, 0.5) is 11.4 Å². The molecule has 0 saturated heterocycles. The van der Waals surface area contributed by atoms with Gasteiger partial charge in [0.15, 0.2) is 5.78 Å². The standard InChI is InChI=1S/C24H23ClN2O3/c1-24(2)18-13-29-20-11-10-16(27-26-15-8-6-14(25)7-9-15)12-17(20)22(18)23-19(28)4-3-5-21(23)30-24/h6-12,18,22H,3-5,13H2,1-2H3/t18-,22+/m1/s1. The van der Waals surface area contributed by atoms with E-state index in [1.165, 1.54) is 0 Å². The Bertz CT molecular complexity index is 1070. The van der Waals surface area contributed by atoms with Crippen LogP contribution in [0.3, 0.4) is 0 Å². The quantitative estimate of drug-likeness (QED) is 0.508. The van der Waals surface area contributed by atoms with Gasteiger partial charge in [-0.3, -0.25) is 4.79 Å². The fourth-order valence-electron chi connectivity index (χ4n) is 4.73. The molecule has 0 amide bonds. The number of hydrogen-bond acceptors (Lipinski definition) is 5. The zero-order valence-electron chi connectivity index (χ0n) is 17.0. The third kappa shape index (κ3) is 3.31. The predicted octanol–water partition coefficient (Wildman–Crippen LogP) is 6.66. The number of azo groups is 1. The Balaban J connectivity index is 1.56. The summed E-state index contributed by atoms with van der Waals surface area (Å²) in [6, 6.07) is 13.0. The lowest BCUT2D eigenvalue weighted by molar-refractivity contribution is -0.121. The van der Waals surface area contributed by atoms with Gasteiger partial charge in [0.1, 0.15) is 17.1 Å². The van der Waals surface area contributed by atoms with Crippen molar-refractivity contribution in [3.05, 3.63) is 64.4 Å². The first-order valence-electron chi connectivity index (χ1n) is 10.3. The second-order valence-corrected chi connectivity index (χ2v) is 9.05. The second kappa shape index (κ2) is 7.24. The van der Waals surface area contributed by atoms with Crippen LogP contribution >= 0.6 is 11.6 Å². The molecule has 0 saturated carbocycles. The van der Waals surface area contributed by atoms with Gasteiger partial charge in [-0.25, -0.2) is 0 Å². The van der Waals surface area contributed by atoms with E-state index in [4.69, 9.17) is 21.1 Å². The van der Waals surface area contributed by atoms with Crippen molar-refractivity contribution in [2.75, 3.05) is 6.61 Å². The van der Waals surface area contributed by atoms with Crippen LogP contribution in [0.15, 0.2) is 64.0 Å². The summed E-state index contributed by atoms with van der Waals surface area (Å²) in [5.41, 5.74) is 2.88. The molecule has 2 aromatic carbocycles. The van der Waals surface area contributed by atoms with E-state index in [2.05, 4.69) is 24.1 Å². The van der Waals surface area contributed by atoms with Crippen molar-refractivity contribution in [1.29, 1.82) is 0 Å². The van der Waals surface area contributed by atoms with Crippen LogP contribution in [-0.2, 0) is 9.53 Å². The van der Waals surface area contributed by atoms with Crippen LogP contribution in [0.25, 0.3) is 0 Å². The van der Waals surface area contributed by atoms with Crippen LogP contribution in [0.1, 0.15) is 44.6 Å². The van der Waals surface area contributed by atoms with Gasteiger partial charge in [0, 0.05) is 40.8 Å². The lowest BCUT2D eigenvalue weighted by Gasteiger charge is -2.49. The number of ketones is 1. The molecule has 1 aliphatic carbocycles. The van der Waals surface area contributed by atoms with E-state index < -0.39 is 5.60 Å². The molecule has 3 aliphatic rings. The summed E-state index contributed by atoms with van der Waals surface area (Å²) in [4.78, 5) is 12.9. The van der Waals surface area contributed by atoms with Gasteiger partial charge in [0.05, 0.1) is 18.0 Å². The van der Waals surface area contributed by atoms with Crippen molar-refractivity contribution >= 4 is 28.8 Å². The third-order valence-electron chi connectivity index (χ3n) is 6.26. The minimum absolute atomic E-state index is 0.0361. The minimum Gasteiger partial charge on any atom is -0.493 e. The zero-order chi connectivity index (χ0) is 20.9. The van der Waals surface area contributed by atoms with Gasteiger partial charge in [0.25, 0.3) is 0 Å². The van der Waals surface area contributed by atoms with Crippen molar-refractivity contribution in [1.82, 2.24) is 0 Å². The Hall–Kier alpha value is -2.66. The maximum Gasteiger partial charge on any atom is 0.162 e. The number of carbonyl (C=O) groups is 1. The third-order valence-corrected chi connectivity index (χ3v) is 6.51. The molecule has 0 unspecified atom stereocenters. The number of Topliss-reactive ketones (excluding diaryl/α,β-unsaturated/α-hetero) is 1. The molecule has 0 aromatic heterocycles. The Morgan fingerprint density at radius 1 is 1.03 bits per heavy atom. The lowest BCUT2D eigenvalue weighted by atomic mass is 9.67. The first-order chi connectivity index (χ1) is 14.4. The number of benzene rings is 2. The van der Waals surface area contributed by atoms with E-state index in [9.17, 15) is 4.79 Å². The van der Waals surface area contributed by atoms with E-state index >= 15 is 0 Å². The van der Waals surface area contributed by atoms with Gasteiger partial charge in [-0.1, -0.05) is 11.6 Å². The average Bonchev–Trinajstić information content (AvgIpc) is 2.72. The van der Waals surface area contributed by atoms with Crippen molar-refractivity contribution in [2.24, 2.45) is 16.1 Å². The number of nitrogens with zero attached hydrogens (tertiary/aromatic N) is 2. The van der Waals surface area contributed by atoms with E-state index in [1.54, 1.807) is 12.1 Å². The molecule has 0 fully saturated rings. The fraction of sp³-hybridized carbons (Fsp3) is 0.375. The SMILES string of the molecule is CC1(C)OC2=C(C(=O)CCC2)[C@H]2c3cc(N=Nc4ccc(Cl)cc4)ccc3OC[C@H]21. The van der Waals surface area contributed by atoms with Gasteiger partial charge < -0.3 is 9.47 Å². The van der Waals surface area contributed by atoms with Crippen LogP contribution < -0.4 is 4.74 Å². The van der Waals surface area contributed by atoms with Crippen molar-refractivity contribution in [3.63, 3.8) is 0 Å². The maximum atomic E-state index is 12.9. The number of halogens is 1. The van der Waals surface area contributed by atoms with E-state index in [-0.39, 0.29) is 17.6 Å². The first kappa shape index (κ1) is 19.3. The molecule has 154 valence electrons. The number of fused-ring (bicyclic) bond motifs is 4. The van der Waals surface area contributed by atoms with Crippen molar-refractivity contribution < 1.29 is 14.3 Å². The number of ether oxygens (including phenoxy) is 2. The molecule has 0 radical (unpaired) electrons. The highest BCUT2D eigenvalue weighted by Crippen LogP contribution is 2.53. The molecular weight excluding hydrogens is 400 g/mol. The summed E-state index contributed by atoms with van der Waals surface area (Å²) >= 11 is 5.94. The van der Waals surface area contributed by atoms with E-state index in [0.29, 0.717) is 18.1 Å². The normalized spacial score (nSPS) is 24.6. The summed E-state index contributed by atoms with van der Waals surface area (Å²) in [6.45, 7) is 4.71. The predicted molar refractivity (Wildman–Crippen MR) is 115 cm³/mol. The molecule has 2 aliphatic heterocycles. The van der Waals surface area contributed by atoms with Crippen LogP contribution in [0.2, 0.25) is 5.02 Å². The summed E-state index contributed by atoms with van der Waals surface area (Å²) < 4.78 is 12.4. The number of carbonyl (C=O) groups excluding carboxylic acids is 1. The van der Waals surface area contributed by atoms with Gasteiger partial charge in [-0.2, -0.15) is 10.2 Å². The van der Waals surface area contributed by atoms with Gasteiger partial charge >= 0.3 is 0 Å². The summed E-state index contributed by atoms with van der Waals surface area (Å²) in [7, 11) is 0. The fourth-order valence-corrected chi connectivity index (χ4v) is 4.85.